The van der Waals surface area contributed by atoms with Gasteiger partial charge < -0.3 is 30.3 Å². The molecule has 1 rings (SSSR count). The summed E-state index contributed by atoms with van der Waals surface area (Å²) in [4.78, 5) is 66.6. The number of nitrogens with zero attached hydrogens (tertiary/aromatic N) is 1. The minimum atomic E-state index is -1.04. The van der Waals surface area contributed by atoms with Crippen LogP contribution in [0.5, 0.6) is 0 Å². The lowest BCUT2D eigenvalue weighted by molar-refractivity contribution is -0.146. The highest BCUT2D eigenvalue weighted by Gasteiger charge is 2.44. The molecule has 11 heteroatoms. The number of hydrogen-bond donors (Lipinski definition) is 3. The smallest absolute Gasteiger partial charge is 0.328 e. The van der Waals surface area contributed by atoms with E-state index in [0.717, 1.165) is 12.8 Å². The molecular formula is C34H60N4O7. The molecule has 0 radical (unpaired) electrons. The molecule has 0 aromatic carbocycles. The molecule has 258 valence electrons. The number of amides is 3. The fraction of sp³-hybridized carbons (Fsp3) is 0.794. The Labute approximate surface area is 271 Å². The summed E-state index contributed by atoms with van der Waals surface area (Å²) in [5.41, 5.74) is -0.608. The van der Waals surface area contributed by atoms with Crippen LogP contribution in [0.2, 0.25) is 0 Å². The van der Waals surface area contributed by atoms with Crippen molar-refractivity contribution < 1.29 is 33.4 Å². The maximum absolute atomic E-state index is 14.1. The number of ether oxygens (including phenoxy) is 2. The van der Waals surface area contributed by atoms with Gasteiger partial charge in [-0.05, 0) is 55.9 Å². The first-order chi connectivity index (χ1) is 20.8. The summed E-state index contributed by atoms with van der Waals surface area (Å²) >= 11 is 0. The molecule has 0 aliphatic heterocycles. The van der Waals surface area contributed by atoms with Gasteiger partial charge in [0, 0.05) is 19.0 Å². The van der Waals surface area contributed by atoms with Crippen LogP contribution in [0.3, 0.4) is 0 Å². The monoisotopic (exact) mass is 636 g/mol. The van der Waals surface area contributed by atoms with Crippen LogP contribution in [0.25, 0.3) is 0 Å². The second-order valence-corrected chi connectivity index (χ2v) is 14.4. The van der Waals surface area contributed by atoms with Crippen LogP contribution in [0.4, 0.5) is 0 Å². The lowest BCUT2D eigenvalue weighted by Crippen LogP contribution is -2.61. The summed E-state index contributed by atoms with van der Waals surface area (Å²) in [6.45, 7) is 15.5. The van der Waals surface area contributed by atoms with Crippen molar-refractivity contribution in [3.8, 4) is 0 Å². The molecule has 45 heavy (non-hydrogen) atoms. The first-order valence-electron chi connectivity index (χ1n) is 16.2. The van der Waals surface area contributed by atoms with Crippen molar-refractivity contribution in [1.29, 1.82) is 0 Å². The van der Waals surface area contributed by atoms with E-state index in [1.807, 2.05) is 34.6 Å². The quantitative estimate of drug-likeness (QED) is 0.182. The van der Waals surface area contributed by atoms with Crippen LogP contribution in [-0.4, -0.2) is 87.0 Å². The molecule has 0 aromatic heterocycles. The topological polar surface area (TPSA) is 143 Å². The molecule has 0 aromatic rings. The SMILES string of the molecule is CN[C@H](C(=O)N[C@H](C(=O)N(C)[C@H](/C=C(\C)C(=O)N[C@H](CCC(=O)OC)C(=O)OC)C(C)C)C(C)(C)C)C(C)(C)C1CCCCC1. The maximum Gasteiger partial charge on any atom is 0.328 e. The Morgan fingerprint density at radius 2 is 1.49 bits per heavy atom. The average molecular weight is 637 g/mol. The average Bonchev–Trinajstić information content (AvgIpc) is 2.98. The predicted octanol–water partition coefficient (Wildman–Crippen LogP) is 3.75. The van der Waals surface area contributed by atoms with Crippen molar-refractivity contribution in [2.75, 3.05) is 28.3 Å². The summed E-state index contributed by atoms with van der Waals surface area (Å²) < 4.78 is 9.44. The normalized spacial score (nSPS) is 17.5. The number of rotatable bonds is 15. The van der Waals surface area contributed by atoms with E-state index in [9.17, 15) is 24.0 Å². The van der Waals surface area contributed by atoms with E-state index in [1.54, 1.807) is 32.0 Å². The molecule has 3 N–H and O–H groups in total. The van der Waals surface area contributed by atoms with Gasteiger partial charge in [-0.25, -0.2) is 4.79 Å². The summed E-state index contributed by atoms with van der Waals surface area (Å²) in [7, 11) is 5.92. The lowest BCUT2D eigenvalue weighted by atomic mass is 9.66. The Kier molecular flexibility index (Phi) is 15.7. The Morgan fingerprint density at radius 3 is 1.96 bits per heavy atom. The van der Waals surface area contributed by atoms with E-state index in [0.29, 0.717) is 11.5 Å². The second-order valence-electron chi connectivity index (χ2n) is 14.4. The molecule has 3 amide bonds. The van der Waals surface area contributed by atoms with Gasteiger partial charge >= 0.3 is 11.9 Å². The number of esters is 2. The van der Waals surface area contributed by atoms with E-state index in [1.165, 1.54) is 33.5 Å². The number of carbonyl (C=O) groups excluding carboxylic acids is 5. The van der Waals surface area contributed by atoms with Gasteiger partial charge in [0.05, 0.1) is 26.3 Å². The number of hydrogen-bond acceptors (Lipinski definition) is 8. The zero-order valence-corrected chi connectivity index (χ0v) is 29.8. The Morgan fingerprint density at radius 1 is 0.911 bits per heavy atom. The van der Waals surface area contributed by atoms with Crippen molar-refractivity contribution in [3.05, 3.63) is 11.6 Å². The zero-order valence-electron chi connectivity index (χ0n) is 29.8. The Bertz CT molecular complexity index is 1060. The highest BCUT2D eigenvalue weighted by molar-refractivity contribution is 5.96. The fourth-order valence-electron chi connectivity index (χ4n) is 6.26. The summed E-state index contributed by atoms with van der Waals surface area (Å²) in [6.07, 6.45) is 7.37. The third kappa shape index (κ3) is 11.4. The lowest BCUT2D eigenvalue weighted by Gasteiger charge is -2.43. The van der Waals surface area contributed by atoms with E-state index < -0.39 is 47.4 Å². The number of likely N-dealkylation sites (N-methyl/N-ethyl adjacent to an activating group) is 2. The van der Waals surface area contributed by atoms with Crippen molar-refractivity contribution in [1.82, 2.24) is 20.9 Å². The van der Waals surface area contributed by atoms with E-state index in [-0.39, 0.29) is 36.0 Å². The van der Waals surface area contributed by atoms with Gasteiger partial charge in [-0.1, -0.05) is 73.8 Å². The molecular weight excluding hydrogens is 576 g/mol. The van der Waals surface area contributed by atoms with Crippen LogP contribution >= 0.6 is 0 Å². The molecule has 1 fully saturated rings. The number of carbonyl (C=O) groups is 5. The van der Waals surface area contributed by atoms with Crippen molar-refractivity contribution >= 4 is 29.7 Å². The number of nitrogens with one attached hydrogen (secondary N) is 3. The molecule has 1 saturated carbocycles. The van der Waals surface area contributed by atoms with Crippen molar-refractivity contribution in [2.45, 2.75) is 125 Å². The summed E-state index contributed by atoms with van der Waals surface area (Å²) in [5.74, 6) is -1.86. The fourth-order valence-corrected chi connectivity index (χ4v) is 6.26. The van der Waals surface area contributed by atoms with Gasteiger partial charge in [-0.2, -0.15) is 0 Å². The third-order valence-corrected chi connectivity index (χ3v) is 9.26. The standard InChI is InChI=1S/C34H60N4O7/c1-21(2)25(20-22(3)29(40)36-24(32(43)45-12)18-19-26(39)44-11)38(10)31(42)28(33(4,5)6)37-30(41)27(35-9)34(7,8)23-16-14-13-15-17-23/h20-21,23-25,27-28,35H,13-19H2,1-12H3,(H,36,40)(H,37,41)/b22-20+/t24-,25-,27-,28-/m1/s1. The summed E-state index contributed by atoms with van der Waals surface area (Å²) in [6, 6.07) is -2.83. The van der Waals surface area contributed by atoms with Crippen LogP contribution in [0, 0.1) is 22.7 Å². The molecule has 1 aliphatic carbocycles. The molecule has 4 atom stereocenters. The first kappa shape index (κ1) is 40.1. The van der Waals surface area contributed by atoms with Gasteiger partial charge in [-0.3, -0.25) is 19.2 Å². The van der Waals surface area contributed by atoms with Gasteiger partial charge in [0.2, 0.25) is 17.7 Å². The molecule has 1 aliphatic rings. The highest BCUT2D eigenvalue weighted by Crippen LogP contribution is 2.41. The van der Waals surface area contributed by atoms with Gasteiger partial charge in [0.15, 0.2) is 0 Å². The zero-order chi connectivity index (χ0) is 34.7. The minimum absolute atomic E-state index is 0.0164. The van der Waals surface area contributed by atoms with Crippen LogP contribution in [-0.2, 0) is 33.4 Å². The molecule has 0 saturated heterocycles. The van der Waals surface area contributed by atoms with Crippen molar-refractivity contribution in [2.24, 2.45) is 22.7 Å². The van der Waals surface area contributed by atoms with Crippen LogP contribution in [0.15, 0.2) is 11.6 Å². The predicted molar refractivity (Wildman–Crippen MR) is 175 cm³/mol. The second kappa shape index (κ2) is 17.7. The largest absolute Gasteiger partial charge is 0.469 e. The summed E-state index contributed by atoms with van der Waals surface area (Å²) in [5, 5.41) is 8.97. The first-order valence-corrected chi connectivity index (χ1v) is 16.2. The van der Waals surface area contributed by atoms with Gasteiger partial charge in [-0.15, -0.1) is 0 Å². The van der Waals surface area contributed by atoms with Gasteiger partial charge in [0.25, 0.3) is 0 Å². The van der Waals surface area contributed by atoms with Crippen LogP contribution < -0.4 is 16.0 Å². The van der Waals surface area contributed by atoms with Gasteiger partial charge in [0.1, 0.15) is 12.1 Å². The Hall–Kier alpha value is -2.95. The van der Waals surface area contributed by atoms with E-state index in [2.05, 4.69) is 34.5 Å². The Balaban J connectivity index is 3.23. The maximum atomic E-state index is 14.1. The van der Waals surface area contributed by atoms with Crippen molar-refractivity contribution in [3.63, 3.8) is 0 Å². The van der Waals surface area contributed by atoms with E-state index >= 15 is 0 Å². The van der Waals surface area contributed by atoms with E-state index in [4.69, 9.17) is 4.74 Å². The molecule has 0 unspecified atom stereocenters. The molecule has 0 bridgehead atoms. The highest BCUT2D eigenvalue weighted by atomic mass is 16.5. The minimum Gasteiger partial charge on any atom is -0.469 e. The number of methoxy groups -OCH3 is 2. The molecule has 0 heterocycles. The van der Waals surface area contributed by atoms with Crippen LogP contribution in [0.1, 0.15) is 100 Å². The third-order valence-electron chi connectivity index (χ3n) is 9.26. The molecule has 11 nitrogen and oxygen atoms in total. The molecule has 0 spiro atoms.